The van der Waals surface area contributed by atoms with E-state index in [0.29, 0.717) is 17.4 Å². The van der Waals surface area contributed by atoms with Crippen LogP contribution in [0.5, 0.6) is 0 Å². The van der Waals surface area contributed by atoms with E-state index in [2.05, 4.69) is 111 Å². The first-order valence-electron chi connectivity index (χ1n) is 30.4. The van der Waals surface area contributed by atoms with Crippen LogP contribution in [0.4, 0.5) is 0 Å². The van der Waals surface area contributed by atoms with Crippen LogP contribution in [0.15, 0.2) is 97.2 Å². The number of hydrogen-bond acceptors (Lipinski definition) is 8. The molecule has 0 aromatic rings. The molecule has 0 radical (unpaired) electrons. The minimum atomic E-state index is -1.63. The van der Waals surface area contributed by atoms with Crippen molar-refractivity contribution in [3.8, 4) is 0 Å². The number of carboxylic acids is 1. The molecular weight excluding hydrogens is 935 g/mol. The van der Waals surface area contributed by atoms with E-state index in [9.17, 15) is 19.5 Å². The minimum Gasteiger partial charge on any atom is -0.545 e. The molecule has 9 heteroatoms. The summed E-state index contributed by atoms with van der Waals surface area (Å²) in [6, 6.07) is 0. The van der Waals surface area contributed by atoms with Gasteiger partial charge in [-0.1, -0.05) is 239 Å². The number of unbranched alkanes of at least 4 members (excludes halogenated alkanes) is 24. The third-order valence-electron chi connectivity index (χ3n) is 12.8. The number of rotatable bonds is 55. The zero-order chi connectivity index (χ0) is 54.8. The Bertz CT molecular complexity index is 1550. The van der Waals surface area contributed by atoms with Crippen molar-refractivity contribution < 1.29 is 42.9 Å². The zero-order valence-corrected chi connectivity index (χ0v) is 48.9. The standard InChI is InChI=1S/C66H113NO8/c1-6-8-10-12-14-16-18-20-22-24-26-28-30-32-34-36-38-40-42-44-46-48-50-52-54-56-63(68)73-60-62(61-74-66(65(70)71)72-59-58-67(3,4)5)75-64(69)57-55-53-51-49-47-45-43-41-39-37-35-33-31-29-27-25-23-21-19-17-15-13-11-9-7-2/h8-11,14-17,20-23,26-29,62,66H,6-7,12-13,18-19,24-25,30-61H2,1-5H3/b10-8-,11-9-,16-14-,17-15-,22-20-,23-21-,28-26-,29-27-. The molecule has 0 aromatic carbocycles. The van der Waals surface area contributed by atoms with Gasteiger partial charge < -0.3 is 33.3 Å². The molecular formula is C66H113NO8. The first kappa shape index (κ1) is 71.2. The van der Waals surface area contributed by atoms with E-state index in [1.807, 2.05) is 21.1 Å². The van der Waals surface area contributed by atoms with E-state index in [1.165, 1.54) is 122 Å². The molecule has 2 unspecified atom stereocenters. The maximum atomic E-state index is 12.9. The van der Waals surface area contributed by atoms with Crippen LogP contribution < -0.4 is 5.11 Å². The quantitative estimate of drug-likeness (QED) is 0.0195. The molecule has 75 heavy (non-hydrogen) atoms. The average Bonchev–Trinajstić information content (AvgIpc) is 3.38. The number of ether oxygens (including phenoxy) is 4. The van der Waals surface area contributed by atoms with Crippen molar-refractivity contribution >= 4 is 17.9 Å². The van der Waals surface area contributed by atoms with Crippen LogP contribution in [-0.2, 0) is 33.3 Å². The molecule has 0 saturated carbocycles. The summed E-state index contributed by atoms with van der Waals surface area (Å²) in [5, 5.41) is 11.8. The lowest BCUT2D eigenvalue weighted by molar-refractivity contribution is -0.870. The Morgan fingerprint density at radius 1 is 0.400 bits per heavy atom. The van der Waals surface area contributed by atoms with Crippen LogP contribution >= 0.6 is 0 Å². The molecule has 0 spiro atoms. The summed E-state index contributed by atoms with van der Waals surface area (Å²) < 4.78 is 22.7. The fourth-order valence-electron chi connectivity index (χ4n) is 8.23. The Morgan fingerprint density at radius 2 is 0.720 bits per heavy atom. The predicted octanol–water partition coefficient (Wildman–Crippen LogP) is 16.8. The van der Waals surface area contributed by atoms with Crippen LogP contribution in [0.1, 0.15) is 245 Å². The number of carboxylic acid groups (broad SMARTS) is 1. The van der Waals surface area contributed by atoms with Crippen molar-refractivity contribution in [3.05, 3.63) is 97.2 Å². The van der Waals surface area contributed by atoms with E-state index >= 15 is 0 Å². The summed E-state index contributed by atoms with van der Waals surface area (Å²) in [7, 11) is 5.92. The lowest BCUT2D eigenvalue weighted by Crippen LogP contribution is -2.44. The number of carbonyl (C=O) groups is 3. The van der Waals surface area contributed by atoms with Gasteiger partial charge in [0.15, 0.2) is 12.4 Å². The Kier molecular flexibility index (Phi) is 53.6. The van der Waals surface area contributed by atoms with Crippen LogP contribution in [0, 0.1) is 0 Å². The predicted molar refractivity (Wildman–Crippen MR) is 315 cm³/mol. The normalized spacial score (nSPS) is 13.5. The van der Waals surface area contributed by atoms with Gasteiger partial charge in [-0.2, -0.15) is 0 Å². The fraction of sp³-hybridized carbons (Fsp3) is 0.712. The summed E-state index contributed by atoms with van der Waals surface area (Å²) >= 11 is 0. The van der Waals surface area contributed by atoms with Crippen molar-refractivity contribution in [3.63, 3.8) is 0 Å². The Balaban J connectivity index is 4.22. The second-order valence-electron chi connectivity index (χ2n) is 21.2. The van der Waals surface area contributed by atoms with Crippen LogP contribution in [0.25, 0.3) is 0 Å². The Labute approximate surface area is 461 Å². The molecule has 0 heterocycles. The largest absolute Gasteiger partial charge is 0.545 e. The molecule has 0 aliphatic carbocycles. The number of likely N-dealkylation sites (N-methyl/N-ethyl adjacent to an activating group) is 1. The number of allylic oxidation sites excluding steroid dienone is 16. The molecule has 0 aliphatic heterocycles. The highest BCUT2D eigenvalue weighted by Crippen LogP contribution is 2.16. The molecule has 0 rings (SSSR count). The Morgan fingerprint density at radius 3 is 1.07 bits per heavy atom. The van der Waals surface area contributed by atoms with E-state index < -0.39 is 24.3 Å². The average molecular weight is 1050 g/mol. The summed E-state index contributed by atoms with van der Waals surface area (Å²) in [6.45, 7) is 4.53. The van der Waals surface area contributed by atoms with Gasteiger partial charge in [0.1, 0.15) is 13.2 Å². The maximum absolute atomic E-state index is 12.9. The van der Waals surface area contributed by atoms with Gasteiger partial charge in [-0.05, 0) is 89.9 Å². The van der Waals surface area contributed by atoms with Crippen LogP contribution in [-0.4, -0.2) is 82.3 Å². The molecule has 0 aromatic heterocycles. The summed E-state index contributed by atoms with van der Waals surface area (Å²) in [5.41, 5.74) is 0. The first-order valence-corrected chi connectivity index (χ1v) is 30.4. The lowest BCUT2D eigenvalue weighted by Gasteiger charge is -2.26. The SMILES string of the molecule is CC/C=C\C/C=C\C/C=C\C/C=C\CCCCCCCCCCCCCCC(=O)OCC(COC(OCC[N+](C)(C)C)C(=O)[O-])OC(=O)CCCCCCCCCCCCCC/C=C\C/C=C\C/C=C\C/C=C\CC. The van der Waals surface area contributed by atoms with Gasteiger partial charge in [0.05, 0.1) is 40.3 Å². The van der Waals surface area contributed by atoms with Crippen LogP contribution in [0.3, 0.4) is 0 Å². The Hall–Kier alpha value is -3.79. The maximum Gasteiger partial charge on any atom is 0.306 e. The molecule has 2 atom stereocenters. The third kappa shape index (κ3) is 57.7. The van der Waals surface area contributed by atoms with Crippen molar-refractivity contribution in [1.82, 2.24) is 0 Å². The number of hydrogen-bond donors (Lipinski definition) is 0. The minimum absolute atomic E-state index is 0.143. The highest BCUT2D eigenvalue weighted by Gasteiger charge is 2.22. The number of esters is 2. The molecule has 0 bridgehead atoms. The van der Waals surface area contributed by atoms with Gasteiger partial charge in [0.25, 0.3) is 0 Å². The monoisotopic (exact) mass is 1050 g/mol. The highest BCUT2D eigenvalue weighted by molar-refractivity contribution is 5.70. The third-order valence-corrected chi connectivity index (χ3v) is 12.8. The molecule has 0 N–H and O–H groups in total. The molecule has 0 saturated heterocycles. The molecule has 0 fully saturated rings. The van der Waals surface area contributed by atoms with Gasteiger partial charge in [0, 0.05) is 12.8 Å². The van der Waals surface area contributed by atoms with E-state index in [0.717, 1.165) is 89.9 Å². The van der Waals surface area contributed by atoms with Gasteiger partial charge in [-0.25, -0.2) is 0 Å². The first-order chi connectivity index (χ1) is 36.6. The summed E-state index contributed by atoms with van der Waals surface area (Å²) in [6.07, 6.45) is 73.1. The molecule has 430 valence electrons. The second kappa shape index (κ2) is 56.4. The van der Waals surface area contributed by atoms with E-state index in [-0.39, 0.29) is 38.6 Å². The van der Waals surface area contributed by atoms with Crippen LogP contribution in [0.2, 0.25) is 0 Å². The smallest absolute Gasteiger partial charge is 0.306 e. The molecule has 9 nitrogen and oxygen atoms in total. The number of carbonyl (C=O) groups excluding carboxylic acids is 3. The number of aliphatic carboxylic acids is 1. The lowest BCUT2D eigenvalue weighted by atomic mass is 10.0. The number of quaternary nitrogens is 1. The van der Waals surface area contributed by atoms with Gasteiger partial charge in [-0.3, -0.25) is 9.59 Å². The van der Waals surface area contributed by atoms with Crippen molar-refractivity contribution in [2.24, 2.45) is 0 Å². The summed E-state index contributed by atoms with van der Waals surface area (Å²) in [4.78, 5) is 37.4. The van der Waals surface area contributed by atoms with Crippen molar-refractivity contribution in [2.45, 2.75) is 257 Å². The van der Waals surface area contributed by atoms with Gasteiger partial charge >= 0.3 is 11.9 Å². The number of nitrogens with zero attached hydrogens (tertiary/aromatic N) is 1. The zero-order valence-electron chi connectivity index (χ0n) is 48.9. The van der Waals surface area contributed by atoms with Crippen molar-refractivity contribution in [2.75, 3.05) is 47.5 Å². The second-order valence-corrected chi connectivity index (χ2v) is 21.2. The highest BCUT2D eigenvalue weighted by atomic mass is 16.7. The summed E-state index contributed by atoms with van der Waals surface area (Å²) in [5.74, 6) is -2.29. The van der Waals surface area contributed by atoms with Gasteiger partial charge in [0.2, 0.25) is 0 Å². The fourth-order valence-corrected chi connectivity index (χ4v) is 8.23. The van der Waals surface area contributed by atoms with E-state index in [4.69, 9.17) is 18.9 Å². The van der Waals surface area contributed by atoms with Gasteiger partial charge in [-0.15, -0.1) is 0 Å². The topological polar surface area (TPSA) is 111 Å². The van der Waals surface area contributed by atoms with Crippen molar-refractivity contribution in [1.29, 1.82) is 0 Å². The molecule has 0 amide bonds. The molecule has 0 aliphatic rings. The van der Waals surface area contributed by atoms with E-state index in [1.54, 1.807) is 0 Å².